The molecule has 0 bridgehead atoms. The van der Waals surface area contributed by atoms with Crippen LogP contribution in [0.25, 0.3) is 0 Å². The van der Waals surface area contributed by atoms with Crippen molar-refractivity contribution in [2.75, 3.05) is 27.4 Å². The molecule has 0 saturated heterocycles. The van der Waals surface area contributed by atoms with E-state index in [1.807, 2.05) is 0 Å². The smallest absolute Gasteiger partial charge is 0.0543 e. The fourth-order valence-electron chi connectivity index (χ4n) is 2.22. The lowest BCUT2D eigenvalue weighted by atomic mass is 9.73. The summed E-state index contributed by atoms with van der Waals surface area (Å²) in [6, 6.07) is 0. The molecule has 0 heterocycles. The average molecular weight is 202 g/mol. The van der Waals surface area contributed by atoms with Gasteiger partial charge in [-0.15, -0.1) is 0 Å². The molecule has 0 saturated carbocycles. The van der Waals surface area contributed by atoms with E-state index in [1.165, 1.54) is 19.3 Å². The van der Waals surface area contributed by atoms with Crippen molar-refractivity contribution in [3.63, 3.8) is 0 Å². The molecule has 86 valence electrons. The summed E-state index contributed by atoms with van der Waals surface area (Å²) in [7, 11) is 3.56. The highest BCUT2D eigenvalue weighted by Gasteiger charge is 2.34. The van der Waals surface area contributed by atoms with Crippen molar-refractivity contribution in [3.05, 3.63) is 0 Å². The van der Waals surface area contributed by atoms with Gasteiger partial charge in [0.25, 0.3) is 0 Å². The van der Waals surface area contributed by atoms with E-state index in [0.717, 1.165) is 13.2 Å². The third kappa shape index (κ3) is 3.58. The van der Waals surface area contributed by atoms with E-state index in [2.05, 4.69) is 20.8 Å². The highest BCUT2D eigenvalue weighted by atomic mass is 16.5. The first kappa shape index (κ1) is 13.9. The van der Waals surface area contributed by atoms with E-state index < -0.39 is 0 Å². The van der Waals surface area contributed by atoms with Crippen molar-refractivity contribution < 1.29 is 9.47 Å². The maximum absolute atomic E-state index is 5.36. The Morgan fingerprint density at radius 1 is 1.07 bits per heavy atom. The Kier molecular flexibility index (Phi) is 7.20. The van der Waals surface area contributed by atoms with Crippen LogP contribution in [0.3, 0.4) is 0 Å². The molecule has 0 fully saturated rings. The second kappa shape index (κ2) is 7.24. The van der Waals surface area contributed by atoms with E-state index in [9.17, 15) is 0 Å². The predicted molar refractivity (Wildman–Crippen MR) is 60.5 cm³/mol. The Bertz CT molecular complexity index is 117. The summed E-state index contributed by atoms with van der Waals surface area (Å²) in [5.74, 6) is 0.655. The number of methoxy groups -OCH3 is 2. The molecule has 1 unspecified atom stereocenters. The average Bonchev–Trinajstić information content (AvgIpc) is 2.17. The van der Waals surface area contributed by atoms with Gasteiger partial charge in [-0.1, -0.05) is 33.6 Å². The molecule has 0 aromatic rings. The van der Waals surface area contributed by atoms with Crippen LogP contribution in [-0.4, -0.2) is 27.4 Å². The minimum atomic E-state index is 0.215. The highest BCUT2D eigenvalue weighted by molar-refractivity contribution is 4.83. The summed E-state index contributed by atoms with van der Waals surface area (Å²) >= 11 is 0. The first-order valence-corrected chi connectivity index (χ1v) is 5.64. The molecule has 2 heteroatoms. The van der Waals surface area contributed by atoms with Gasteiger partial charge in [0.05, 0.1) is 13.2 Å². The zero-order valence-electron chi connectivity index (χ0n) is 10.4. The molecule has 0 rings (SSSR count). The summed E-state index contributed by atoms with van der Waals surface area (Å²) in [6.07, 6.45) is 3.56. The van der Waals surface area contributed by atoms with Crippen molar-refractivity contribution in [1.29, 1.82) is 0 Å². The molecule has 0 amide bonds. The van der Waals surface area contributed by atoms with Crippen LogP contribution in [0.4, 0.5) is 0 Å². The van der Waals surface area contributed by atoms with Gasteiger partial charge in [0.2, 0.25) is 0 Å². The third-order valence-corrected chi connectivity index (χ3v) is 3.27. The zero-order valence-corrected chi connectivity index (χ0v) is 10.4. The van der Waals surface area contributed by atoms with Gasteiger partial charge in [0, 0.05) is 19.6 Å². The van der Waals surface area contributed by atoms with Gasteiger partial charge >= 0.3 is 0 Å². The SMILES string of the molecule is CCCC(COC)(COC)C(C)CC. The van der Waals surface area contributed by atoms with Crippen LogP contribution < -0.4 is 0 Å². The minimum Gasteiger partial charge on any atom is -0.384 e. The molecule has 0 aliphatic heterocycles. The fraction of sp³-hybridized carbons (Fsp3) is 1.00. The van der Waals surface area contributed by atoms with Crippen LogP contribution in [0.15, 0.2) is 0 Å². The van der Waals surface area contributed by atoms with Crippen LogP contribution in [0.2, 0.25) is 0 Å². The van der Waals surface area contributed by atoms with Crippen LogP contribution in [-0.2, 0) is 9.47 Å². The molecule has 0 aromatic carbocycles. The molecule has 0 spiro atoms. The number of hydrogen-bond acceptors (Lipinski definition) is 2. The summed E-state index contributed by atoms with van der Waals surface area (Å²) in [5.41, 5.74) is 0.215. The van der Waals surface area contributed by atoms with E-state index >= 15 is 0 Å². The molecule has 0 aromatic heterocycles. The number of rotatable bonds is 8. The van der Waals surface area contributed by atoms with Crippen LogP contribution in [0, 0.1) is 11.3 Å². The first-order chi connectivity index (χ1) is 6.66. The lowest BCUT2D eigenvalue weighted by Gasteiger charge is -2.37. The topological polar surface area (TPSA) is 18.5 Å². The van der Waals surface area contributed by atoms with Gasteiger partial charge in [0.1, 0.15) is 0 Å². The van der Waals surface area contributed by atoms with Gasteiger partial charge in [-0.25, -0.2) is 0 Å². The Balaban J connectivity index is 4.53. The summed E-state index contributed by atoms with van der Waals surface area (Å²) in [6.45, 7) is 8.38. The second-order valence-electron chi connectivity index (χ2n) is 4.29. The predicted octanol–water partition coefficient (Wildman–Crippen LogP) is 3.11. The van der Waals surface area contributed by atoms with Gasteiger partial charge < -0.3 is 9.47 Å². The quantitative estimate of drug-likeness (QED) is 0.602. The number of hydrogen-bond donors (Lipinski definition) is 0. The van der Waals surface area contributed by atoms with Gasteiger partial charge in [-0.3, -0.25) is 0 Å². The summed E-state index contributed by atoms with van der Waals surface area (Å²) in [5, 5.41) is 0. The molecule has 2 nitrogen and oxygen atoms in total. The maximum atomic E-state index is 5.36. The molecule has 14 heavy (non-hydrogen) atoms. The van der Waals surface area contributed by atoms with Crippen molar-refractivity contribution in [2.45, 2.75) is 40.0 Å². The van der Waals surface area contributed by atoms with Gasteiger partial charge in [0.15, 0.2) is 0 Å². The third-order valence-electron chi connectivity index (χ3n) is 3.27. The maximum Gasteiger partial charge on any atom is 0.0543 e. The Labute approximate surface area is 89.0 Å². The Morgan fingerprint density at radius 3 is 1.86 bits per heavy atom. The molecule has 0 aliphatic rings. The molecular weight excluding hydrogens is 176 g/mol. The monoisotopic (exact) mass is 202 g/mol. The van der Waals surface area contributed by atoms with Crippen molar-refractivity contribution in [2.24, 2.45) is 11.3 Å². The van der Waals surface area contributed by atoms with Gasteiger partial charge in [-0.05, 0) is 12.3 Å². The van der Waals surface area contributed by atoms with E-state index in [-0.39, 0.29) is 5.41 Å². The Hall–Kier alpha value is -0.0800. The van der Waals surface area contributed by atoms with Crippen molar-refractivity contribution in [1.82, 2.24) is 0 Å². The first-order valence-electron chi connectivity index (χ1n) is 5.64. The zero-order chi connectivity index (χ0) is 11.0. The van der Waals surface area contributed by atoms with E-state index in [1.54, 1.807) is 14.2 Å². The van der Waals surface area contributed by atoms with E-state index in [4.69, 9.17) is 9.47 Å². The molecule has 0 radical (unpaired) electrons. The highest BCUT2D eigenvalue weighted by Crippen LogP contribution is 2.35. The van der Waals surface area contributed by atoms with Gasteiger partial charge in [-0.2, -0.15) is 0 Å². The fourth-order valence-corrected chi connectivity index (χ4v) is 2.22. The normalized spacial score (nSPS) is 14.4. The lowest BCUT2D eigenvalue weighted by molar-refractivity contribution is -0.0324. The molecule has 0 N–H and O–H groups in total. The van der Waals surface area contributed by atoms with Crippen molar-refractivity contribution >= 4 is 0 Å². The molecular formula is C12H26O2. The number of ether oxygens (including phenoxy) is 2. The lowest BCUT2D eigenvalue weighted by Crippen LogP contribution is -2.37. The minimum absolute atomic E-state index is 0.215. The standard InChI is InChI=1S/C12H26O2/c1-6-8-12(9-13-4,10-14-5)11(3)7-2/h11H,6-10H2,1-5H3. The summed E-state index contributed by atoms with van der Waals surface area (Å²) in [4.78, 5) is 0. The van der Waals surface area contributed by atoms with Crippen LogP contribution in [0.1, 0.15) is 40.0 Å². The van der Waals surface area contributed by atoms with Crippen LogP contribution >= 0.6 is 0 Å². The molecule has 1 atom stereocenters. The largest absolute Gasteiger partial charge is 0.384 e. The molecule has 0 aliphatic carbocycles. The summed E-state index contributed by atoms with van der Waals surface area (Å²) < 4.78 is 10.7. The second-order valence-corrected chi connectivity index (χ2v) is 4.29. The Morgan fingerprint density at radius 2 is 1.57 bits per heavy atom. The van der Waals surface area contributed by atoms with E-state index in [0.29, 0.717) is 5.92 Å². The van der Waals surface area contributed by atoms with Crippen LogP contribution in [0.5, 0.6) is 0 Å². The van der Waals surface area contributed by atoms with Crippen molar-refractivity contribution in [3.8, 4) is 0 Å².